The van der Waals surface area contributed by atoms with Gasteiger partial charge in [0.15, 0.2) is 0 Å². The lowest BCUT2D eigenvalue weighted by atomic mass is 10.2. The van der Waals surface area contributed by atoms with Gasteiger partial charge in [-0.1, -0.05) is 11.6 Å². The highest BCUT2D eigenvalue weighted by Gasteiger charge is 2.05. The maximum absolute atomic E-state index is 13.1. The molecule has 16 heavy (non-hydrogen) atoms. The molecule has 0 atom stereocenters. The van der Waals surface area contributed by atoms with Gasteiger partial charge in [-0.15, -0.1) is 0 Å². The minimum absolute atomic E-state index is 0.251. The van der Waals surface area contributed by atoms with Crippen molar-refractivity contribution in [2.24, 2.45) is 0 Å². The maximum atomic E-state index is 13.1. The Morgan fingerprint density at radius 3 is 2.75 bits per heavy atom. The Morgan fingerprint density at radius 2 is 2.12 bits per heavy atom. The summed E-state index contributed by atoms with van der Waals surface area (Å²) in [7, 11) is 0. The zero-order valence-corrected chi connectivity index (χ0v) is 10.1. The lowest BCUT2D eigenvalue weighted by molar-refractivity contribution is 0.628. The average molecular weight is 304 g/mol. The fraction of sp³-hybridized carbons (Fsp3) is 0. The summed E-state index contributed by atoms with van der Waals surface area (Å²) < 4.78 is 13.4. The Hall–Kier alpha value is -1.20. The second-order valence-corrected chi connectivity index (χ2v) is 4.36. The molecule has 1 heterocycles. The summed E-state index contributed by atoms with van der Waals surface area (Å²) >= 11 is 8.73. The predicted molar refractivity (Wildman–Crippen MR) is 63.0 cm³/mol. The van der Waals surface area contributed by atoms with Crippen LogP contribution in [0.1, 0.15) is 0 Å². The van der Waals surface area contributed by atoms with Crippen molar-refractivity contribution in [3.63, 3.8) is 0 Å². The quantitative estimate of drug-likeness (QED) is 0.880. The largest absolute Gasteiger partial charge is 0.306 e. The van der Waals surface area contributed by atoms with E-state index in [4.69, 9.17) is 11.6 Å². The highest BCUT2D eigenvalue weighted by molar-refractivity contribution is 9.10. The zero-order chi connectivity index (χ0) is 11.7. The number of nitrogens with one attached hydrogen (secondary N) is 1. The number of H-pyrrole nitrogens is 1. The first kappa shape index (κ1) is 11.3. The van der Waals surface area contributed by atoms with E-state index in [0.717, 1.165) is 0 Å². The molecule has 0 aliphatic carbocycles. The van der Waals surface area contributed by atoms with E-state index >= 15 is 0 Å². The number of halogens is 3. The van der Waals surface area contributed by atoms with Crippen molar-refractivity contribution in [1.29, 1.82) is 0 Å². The van der Waals surface area contributed by atoms with E-state index in [2.05, 4.69) is 25.9 Å². The standard InChI is InChI=1S/C10H5BrClFN2O/c11-8-4-14-9(15-10(8)16)5-1-6(12)3-7(13)2-5/h1-4H,(H,14,15,16). The third-order valence-corrected chi connectivity index (χ3v) is 2.67. The number of aromatic nitrogens is 2. The van der Waals surface area contributed by atoms with Gasteiger partial charge in [-0.2, -0.15) is 0 Å². The average Bonchev–Trinajstić information content (AvgIpc) is 2.20. The van der Waals surface area contributed by atoms with E-state index in [9.17, 15) is 9.18 Å². The smallest absolute Gasteiger partial charge is 0.265 e. The molecule has 82 valence electrons. The molecule has 0 saturated carbocycles. The highest BCUT2D eigenvalue weighted by Crippen LogP contribution is 2.20. The van der Waals surface area contributed by atoms with Crippen LogP contribution in [0.4, 0.5) is 4.39 Å². The second-order valence-electron chi connectivity index (χ2n) is 3.07. The molecule has 2 aromatic rings. The van der Waals surface area contributed by atoms with Crippen LogP contribution in [0.25, 0.3) is 11.4 Å². The Morgan fingerprint density at radius 1 is 1.38 bits per heavy atom. The number of rotatable bonds is 1. The van der Waals surface area contributed by atoms with Crippen LogP contribution < -0.4 is 5.56 Å². The molecule has 0 spiro atoms. The highest BCUT2D eigenvalue weighted by atomic mass is 79.9. The number of benzene rings is 1. The van der Waals surface area contributed by atoms with Crippen LogP contribution in [-0.4, -0.2) is 9.97 Å². The molecule has 0 aliphatic rings. The van der Waals surface area contributed by atoms with Crippen molar-refractivity contribution >= 4 is 27.5 Å². The van der Waals surface area contributed by atoms with E-state index < -0.39 is 5.82 Å². The van der Waals surface area contributed by atoms with Crippen LogP contribution in [0, 0.1) is 5.82 Å². The SMILES string of the molecule is O=c1[nH]c(-c2cc(F)cc(Cl)c2)ncc1Br. The van der Waals surface area contributed by atoms with Gasteiger partial charge in [0.2, 0.25) is 0 Å². The van der Waals surface area contributed by atoms with Crippen LogP contribution in [-0.2, 0) is 0 Å². The molecular weight excluding hydrogens is 298 g/mol. The molecule has 0 fully saturated rings. The molecule has 6 heteroatoms. The predicted octanol–water partition coefficient (Wildman–Crippen LogP) is 2.99. The van der Waals surface area contributed by atoms with E-state index in [1.807, 2.05) is 0 Å². The Labute approximate surface area is 103 Å². The van der Waals surface area contributed by atoms with Gasteiger partial charge in [0.1, 0.15) is 16.1 Å². The topological polar surface area (TPSA) is 45.8 Å². The number of hydrogen-bond donors (Lipinski definition) is 1. The Bertz CT molecular complexity index is 579. The summed E-state index contributed by atoms with van der Waals surface area (Å²) in [5.41, 5.74) is 0.0972. The van der Waals surface area contributed by atoms with E-state index in [0.29, 0.717) is 10.0 Å². The monoisotopic (exact) mass is 302 g/mol. The van der Waals surface area contributed by atoms with Crippen molar-refractivity contribution < 1.29 is 4.39 Å². The van der Waals surface area contributed by atoms with Gasteiger partial charge in [0.05, 0.1) is 0 Å². The summed E-state index contributed by atoms with van der Waals surface area (Å²) in [5, 5.41) is 0.251. The van der Waals surface area contributed by atoms with Crippen molar-refractivity contribution in [1.82, 2.24) is 9.97 Å². The molecule has 1 aromatic carbocycles. The van der Waals surface area contributed by atoms with E-state index in [-0.39, 0.29) is 16.4 Å². The first-order chi connectivity index (χ1) is 7.56. The van der Waals surface area contributed by atoms with Crippen molar-refractivity contribution in [2.45, 2.75) is 0 Å². The van der Waals surface area contributed by atoms with Gasteiger partial charge in [0.25, 0.3) is 5.56 Å². The minimum atomic E-state index is -0.479. The first-order valence-electron chi connectivity index (χ1n) is 4.27. The van der Waals surface area contributed by atoms with Gasteiger partial charge in [-0.05, 0) is 34.1 Å². The van der Waals surface area contributed by atoms with E-state index in [1.54, 1.807) is 0 Å². The second kappa shape index (κ2) is 4.35. The molecule has 0 bridgehead atoms. The summed E-state index contributed by atoms with van der Waals surface area (Å²) in [4.78, 5) is 17.8. The summed E-state index contributed by atoms with van der Waals surface area (Å²) in [6, 6.07) is 3.96. The number of aromatic amines is 1. The van der Waals surface area contributed by atoms with Crippen LogP contribution in [0.2, 0.25) is 5.02 Å². The fourth-order valence-electron chi connectivity index (χ4n) is 1.22. The van der Waals surface area contributed by atoms with Gasteiger partial charge < -0.3 is 4.98 Å². The molecule has 0 aliphatic heterocycles. The van der Waals surface area contributed by atoms with Crippen LogP contribution in [0.15, 0.2) is 33.7 Å². The minimum Gasteiger partial charge on any atom is -0.306 e. The molecular formula is C10H5BrClFN2O. The lowest BCUT2D eigenvalue weighted by Crippen LogP contribution is -2.08. The summed E-state index contributed by atoms with van der Waals surface area (Å²) in [6.45, 7) is 0. The molecule has 0 amide bonds. The third-order valence-electron chi connectivity index (χ3n) is 1.89. The van der Waals surface area contributed by atoms with Gasteiger partial charge in [-0.3, -0.25) is 4.79 Å². The van der Waals surface area contributed by atoms with Gasteiger partial charge in [0, 0.05) is 16.8 Å². The van der Waals surface area contributed by atoms with E-state index in [1.165, 1.54) is 24.4 Å². The number of hydrogen-bond acceptors (Lipinski definition) is 2. The molecule has 0 unspecified atom stereocenters. The van der Waals surface area contributed by atoms with Crippen LogP contribution in [0.3, 0.4) is 0 Å². The Balaban J connectivity index is 2.58. The van der Waals surface area contributed by atoms with Crippen molar-refractivity contribution in [3.8, 4) is 11.4 Å². The van der Waals surface area contributed by atoms with Gasteiger partial charge >= 0.3 is 0 Å². The zero-order valence-electron chi connectivity index (χ0n) is 7.80. The molecule has 0 radical (unpaired) electrons. The summed E-state index contributed by atoms with van der Waals surface area (Å²) in [5.74, 6) is -0.206. The molecule has 1 N–H and O–H groups in total. The van der Waals surface area contributed by atoms with Crippen LogP contribution >= 0.6 is 27.5 Å². The van der Waals surface area contributed by atoms with Crippen molar-refractivity contribution in [2.75, 3.05) is 0 Å². The molecule has 3 nitrogen and oxygen atoms in total. The normalized spacial score (nSPS) is 10.4. The molecule has 2 rings (SSSR count). The molecule has 0 saturated heterocycles. The van der Waals surface area contributed by atoms with Gasteiger partial charge in [-0.25, -0.2) is 9.37 Å². The third kappa shape index (κ3) is 2.31. The number of nitrogens with zero attached hydrogens (tertiary/aromatic N) is 1. The fourth-order valence-corrected chi connectivity index (χ4v) is 1.64. The van der Waals surface area contributed by atoms with Crippen LogP contribution in [0.5, 0.6) is 0 Å². The maximum Gasteiger partial charge on any atom is 0.265 e. The molecule has 1 aromatic heterocycles. The summed E-state index contributed by atoms with van der Waals surface area (Å²) in [6.07, 6.45) is 1.35. The Kier molecular flexibility index (Phi) is 3.07. The van der Waals surface area contributed by atoms with Crippen molar-refractivity contribution in [3.05, 3.63) is 50.1 Å². The first-order valence-corrected chi connectivity index (χ1v) is 5.44. The lowest BCUT2D eigenvalue weighted by Gasteiger charge is -2.01.